The Morgan fingerprint density at radius 3 is 2.16 bits per heavy atom. The van der Waals surface area contributed by atoms with Crippen LogP contribution in [0.25, 0.3) is 0 Å². The molecule has 0 saturated carbocycles. The summed E-state index contributed by atoms with van der Waals surface area (Å²) in [5.41, 5.74) is 4.10. The van der Waals surface area contributed by atoms with Gasteiger partial charge in [0.1, 0.15) is 0 Å². The summed E-state index contributed by atoms with van der Waals surface area (Å²) in [5, 5.41) is 7.67. The van der Waals surface area contributed by atoms with Crippen LogP contribution in [-0.4, -0.2) is 5.11 Å². The van der Waals surface area contributed by atoms with E-state index >= 15 is 0 Å². The molecule has 0 amide bonds. The highest BCUT2D eigenvalue weighted by Crippen LogP contribution is 2.24. The monoisotopic (exact) mass is 290 g/mol. The van der Waals surface area contributed by atoms with Crippen LogP contribution in [0.5, 0.6) is 0 Å². The van der Waals surface area contributed by atoms with Crippen LogP contribution in [0.15, 0.2) is 42.5 Å². The molecule has 4 heteroatoms. The first-order valence-corrected chi connectivity index (χ1v) is 6.74. The van der Waals surface area contributed by atoms with Crippen molar-refractivity contribution >= 4 is 40.3 Å². The molecule has 0 bridgehead atoms. The van der Waals surface area contributed by atoms with Crippen molar-refractivity contribution in [3.8, 4) is 0 Å². The number of benzene rings is 2. The van der Waals surface area contributed by atoms with Crippen molar-refractivity contribution in [1.82, 2.24) is 0 Å². The van der Waals surface area contributed by atoms with Crippen molar-refractivity contribution in [2.75, 3.05) is 10.6 Å². The van der Waals surface area contributed by atoms with Crippen LogP contribution in [-0.2, 0) is 0 Å². The third kappa shape index (κ3) is 3.69. The highest BCUT2D eigenvalue weighted by atomic mass is 35.5. The zero-order valence-electron chi connectivity index (χ0n) is 10.8. The predicted octanol–water partition coefficient (Wildman–Crippen LogP) is 4.77. The van der Waals surface area contributed by atoms with Gasteiger partial charge in [0, 0.05) is 16.4 Å². The first kappa shape index (κ1) is 13.8. The third-order valence-corrected chi connectivity index (χ3v) is 3.19. The third-order valence-electron chi connectivity index (χ3n) is 2.77. The Morgan fingerprint density at radius 1 is 1.00 bits per heavy atom. The van der Waals surface area contributed by atoms with Crippen LogP contribution < -0.4 is 10.6 Å². The average Bonchev–Trinajstić information content (AvgIpc) is 2.35. The van der Waals surface area contributed by atoms with E-state index < -0.39 is 0 Å². The van der Waals surface area contributed by atoms with Gasteiger partial charge < -0.3 is 10.6 Å². The molecule has 98 valence electrons. The Kier molecular flexibility index (Phi) is 4.40. The molecule has 2 rings (SSSR count). The largest absolute Gasteiger partial charge is 0.332 e. The van der Waals surface area contributed by atoms with Gasteiger partial charge in [-0.2, -0.15) is 0 Å². The molecule has 0 heterocycles. The van der Waals surface area contributed by atoms with Gasteiger partial charge in [0.05, 0.1) is 0 Å². The lowest BCUT2D eigenvalue weighted by Crippen LogP contribution is -2.20. The first-order valence-electron chi connectivity index (χ1n) is 5.96. The van der Waals surface area contributed by atoms with Gasteiger partial charge in [0.2, 0.25) is 0 Å². The molecule has 0 aromatic heterocycles. The van der Waals surface area contributed by atoms with Crippen LogP contribution in [0.1, 0.15) is 11.1 Å². The molecule has 0 radical (unpaired) electrons. The highest BCUT2D eigenvalue weighted by Gasteiger charge is 2.06. The van der Waals surface area contributed by atoms with Crippen molar-refractivity contribution < 1.29 is 0 Å². The Morgan fingerprint density at radius 2 is 1.58 bits per heavy atom. The molecular weight excluding hydrogens is 276 g/mol. The Balaban J connectivity index is 2.12. The molecule has 2 aromatic rings. The van der Waals surface area contributed by atoms with Crippen molar-refractivity contribution in [3.63, 3.8) is 0 Å². The van der Waals surface area contributed by atoms with Crippen molar-refractivity contribution in [2.24, 2.45) is 0 Å². The van der Waals surface area contributed by atoms with Crippen LogP contribution in [0.3, 0.4) is 0 Å². The molecule has 0 atom stereocenters. The van der Waals surface area contributed by atoms with E-state index in [4.69, 9.17) is 23.8 Å². The van der Waals surface area contributed by atoms with E-state index in [0.717, 1.165) is 27.5 Å². The number of para-hydroxylation sites is 1. The lowest BCUT2D eigenvalue weighted by molar-refractivity contribution is 1.37. The summed E-state index contributed by atoms with van der Waals surface area (Å²) in [6, 6.07) is 13.7. The summed E-state index contributed by atoms with van der Waals surface area (Å²) in [4.78, 5) is 0. The van der Waals surface area contributed by atoms with E-state index in [0.29, 0.717) is 5.11 Å². The lowest BCUT2D eigenvalue weighted by Gasteiger charge is -2.15. The molecule has 0 saturated heterocycles. The van der Waals surface area contributed by atoms with Crippen molar-refractivity contribution in [3.05, 3.63) is 58.6 Å². The van der Waals surface area contributed by atoms with Gasteiger partial charge in [-0.15, -0.1) is 0 Å². The number of anilines is 2. The first-order chi connectivity index (χ1) is 9.06. The Hall–Kier alpha value is -1.58. The quantitative estimate of drug-likeness (QED) is 0.779. The molecule has 2 nitrogen and oxygen atoms in total. The molecule has 2 N–H and O–H groups in total. The van der Waals surface area contributed by atoms with E-state index in [-0.39, 0.29) is 0 Å². The number of hydrogen-bond donors (Lipinski definition) is 2. The number of thiocarbonyl (C=S) groups is 1. The van der Waals surface area contributed by atoms with E-state index in [1.165, 1.54) is 0 Å². The Labute approximate surface area is 123 Å². The van der Waals surface area contributed by atoms with Crippen molar-refractivity contribution in [2.45, 2.75) is 13.8 Å². The number of nitrogens with one attached hydrogen (secondary N) is 2. The fourth-order valence-corrected chi connectivity index (χ4v) is 2.45. The van der Waals surface area contributed by atoms with Crippen LogP contribution in [0.2, 0.25) is 5.02 Å². The van der Waals surface area contributed by atoms with Crippen LogP contribution in [0.4, 0.5) is 11.4 Å². The second-order valence-electron chi connectivity index (χ2n) is 4.36. The smallest absolute Gasteiger partial charge is 0.175 e. The highest BCUT2D eigenvalue weighted by molar-refractivity contribution is 7.80. The summed E-state index contributed by atoms with van der Waals surface area (Å²) in [7, 11) is 0. The van der Waals surface area contributed by atoms with Crippen LogP contribution in [0, 0.1) is 13.8 Å². The SMILES string of the molecule is Cc1cc(Cl)cc(C)c1NC(=S)Nc1ccccc1. The van der Waals surface area contributed by atoms with E-state index in [2.05, 4.69) is 10.6 Å². The second-order valence-corrected chi connectivity index (χ2v) is 5.20. The molecule has 0 unspecified atom stereocenters. The molecular formula is C15H15ClN2S. The maximum Gasteiger partial charge on any atom is 0.175 e. The van der Waals surface area contributed by atoms with E-state index in [1.54, 1.807) is 0 Å². The number of hydrogen-bond acceptors (Lipinski definition) is 1. The minimum Gasteiger partial charge on any atom is -0.332 e. The molecule has 0 aliphatic heterocycles. The zero-order valence-corrected chi connectivity index (χ0v) is 12.4. The standard InChI is InChI=1S/C15H15ClN2S/c1-10-8-12(16)9-11(2)14(10)18-15(19)17-13-6-4-3-5-7-13/h3-9H,1-2H3,(H2,17,18,19). The number of aryl methyl sites for hydroxylation is 2. The molecule has 0 aliphatic carbocycles. The second kappa shape index (κ2) is 6.04. The van der Waals surface area contributed by atoms with Gasteiger partial charge in [-0.25, -0.2) is 0 Å². The molecule has 0 fully saturated rings. The number of rotatable bonds is 2. The maximum absolute atomic E-state index is 6.01. The number of halogens is 1. The minimum atomic E-state index is 0.569. The van der Waals surface area contributed by atoms with E-state index in [1.807, 2.05) is 56.3 Å². The molecule has 0 aliphatic rings. The van der Waals surface area contributed by atoms with Gasteiger partial charge in [0.25, 0.3) is 0 Å². The van der Waals surface area contributed by atoms with Gasteiger partial charge in [-0.3, -0.25) is 0 Å². The van der Waals surface area contributed by atoms with Gasteiger partial charge >= 0.3 is 0 Å². The fourth-order valence-electron chi connectivity index (χ4n) is 1.91. The normalized spacial score (nSPS) is 10.1. The fraction of sp³-hybridized carbons (Fsp3) is 0.133. The van der Waals surface area contributed by atoms with Gasteiger partial charge in [-0.05, 0) is 61.5 Å². The van der Waals surface area contributed by atoms with Crippen LogP contribution >= 0.6 is 23.8 Å². The maximum atomic E-state index is 6.01. The van der Waals surface area contributed by atoms with Gasteiger partial charge in [0.15, 0.2) is 5.11 Å². The van der Waals surface area contributed by atoms with Crippen molar-refractivity contribution in [1.29, 1.82) is 0 Å². The predicted molar refractivity (Wildman–Crippen MR) is 87.2 cm³/mol. The summed E-state index contributed by atoms with van der Waals surface area (Å²) in [6.45, 7) is 4.01. The molecule has 0 spiro atoms. The minimum absolute atomic E-state index is 0.569. The Bertz CT molecular complexity index is 573. The summed E-state index contributed by atoms with van der Waals surface area (Å²) in [5.74, 6) is 0. The topological polar surface area (TPSA) is 24.1 Å². The molecule has 19 heavy (non-hydrogen) atoms. The summed E-state index contributed by atoms with van der Waals surface area (Å²) >= 11 is 11.3. The lowest BCUT2D eigenvalue weighted by atomic mass is 10.1. The average molecular weight is 291 g/mol. The summed E-state index contributed by atoms with van der Waals surface area (Å²) < 4.78 is 0. The van der Waals surface area contributed by atoms with E-state index in [9.17, 15) is 0 Å². The molecule has 2 aromatic carbocycles. The summed E-state index contributed by atoms with van der Waals surface area (Å²) in [6.07, 6.45) is 0. The zero-order chi connectivity index (χ0) is 13.8. The van der Waals surface area contributed by atoms with Gasteiger partial charge in [-0.1, -0.05) is 29.8 Å².